The van der Waals surface area contributed by atoms with Crippen LogP contribution in [0.1, 0.15) is 11.3 Å². The van der Waals surface area contributed by atoms with Gasteiger partial charge in [-0.05, 0) is 24.7 Å². The molecule has 0 radical (unpaired) electrons. The first-order valence-corrected chi connectivity index (χ1v) is 7.11. The Morgan fingerprint density at radius 2 is 2.35 bits per heavy atom. The van der Waals surface area contributed by atoms with Crippen LogP contribution in [0, 0.1) is 5.82 Å². The van der Waals surface area contributed by atoms with Crippen molar-refractivity contribution in [2.75, 3.05) is 7.05 Å². The molecule has 0 aliphatic rings. The van der Waals surface area contributed by atoms with Gasteiger partial charge in [-0.2, -0.15) is 0 Å². The minimum absolute atomic E-state index is 0.251. The van der Waals surface area contributed by atoms with E-state index in [1.807, 2.05) is 35.3 Å². The summed E-state index contributed by atoms with van der Waals surface area (Å²) in [6, 6.07) is 4.98. The summed E-state index contributed by atoms with van der Waals surface area (Å²) < 4.78 is 21.3. The summed E-state index contributed by atoms with van der Waals surface area (Å²) in [6.07, 6.45) is 3.82. The topological polar surface area (TPSA) is 38.6 Å². The normalized spacial score (nSPS) is 11.1. The van der Waals surface area contributed by atoms with E-state index in [0.29, 0.717) is 6.54 Å². The lowest BCUT2D eigenvalue weighted by atomic mass is 10.2. The largest absolute Gasteiger partial charge is 0.484 e. The average Bonchev–Trinajstić information content (AvgIpc) is 2.99. The van der Waals surface area contributed by atoms with E-state index < -0.39 is 0 Å². The summed E-state index contributed by atoms with van der Waals surface area (Å²) >= 11 is 1.56. The Balaban J connectivity index is 1.70. The Kier molecular flexibility index (Phi) is 3.66. The molecule has 0 atom stereocenters. The molecule has 1 N–H and O–H groups in total. The van der Waals surface area contributed by atoms with Gasteiger partial charge in [-0.15, -0.1) is 11.3 Å². The van der Waals surface area contributed by atoms with Crippen molar-refractivity contribution in [1.29, 1.82) is 0 Å². The van der Waals surface area contributed by atoms with Crippen LogP contribution in [-0.4, -0.2) is 16.4 Å². The number of imidazole rings is 1. The zero-order chi connectivity index (χ0) is 13.9. The van der Waals surface area contributed by atoms with Gasteiger partial charge in [-0.25, -0.2) is 9.37 Å². The lowest BCUT2D eigenvalue weighted by Gasteiger charge is -2.07. The third-order valence-electron chi connectivity index (χ3n) is 2.90. The molecule has 0 saturated heterocycles. The van der Waals surface area contributed by atoms with Gasteiger partial charge in [0, 0.05) is 24.3 Å². The van der Waals surface area contributed by atoms with E-state index in [2.05, 4.69) is 10.3 Å². The van der Waals surface area contributed by atoms with E-state index >= 15 is 0 Å². The number of benzene rings is 1. The summed E-state index contributed by atoms with van der Waals surface area (Å²) in [7, 11) is 1.83. The minimum atomic E-state index is -0.348. The predicted octanol–water partition coefficient (Wildman–Crippen LogP) is 2.83. The summed E-state index contributed by atoms with van der Waals surface area (Å²) in [4.78, 5) is 5.30. The van der Waals surface area contributed by atoms with Crippen molar-refractivity contribution < 1.29 is 9.13 Å². The molecule has 0 saturated carbocycles. The molecule has 3 aromatic rings. The molecule has 0 bridgehead atoms. The van der Waals surface area contributed by atoms with Gasteiger partial charge < -0.3 is 10.1 Å². The monoisotopic (exact) mass is 291 g/mol. The second kappa shape index (κ2) is 5.60. The van der Waals surface area contributed by atoms with Gasteiger partial charge in [0.25, 0.3) is 0 Å². The molecule has 3 rings (SSSR count). The van der Waals surface area contributed by atoms with Crippen molar-refractivity contribution in [3.8, 4) is 5.75 Å². The molecular formula is C14H14FN3OS. The number of rotatable bonds is 5. The van der Waals surface area contributed by atoms with Crippen molar-refractivity contribution in [2.45, 2.75) is 13.2 Å². The molecule has 0 aliphatic carbocycles. The molecule has 4 nitrogen and oxygen atoms in total. The molecule has 0 amide bonds. The third kappa shape index (κ3) is 2.66. The molecule has 0 unspecified atom stereocenters. The van der Waals surface area contributed by atoms with Gasteiger partial charge in [0.1, 0.15) is 6.61 Å². The van der Waals surface area contributed by atoms with E-state index in [4.69, 9.17) is 4.74 Å². The smallest absolute Gasteiger partial charge is 0.193 e. The van der Waals surface area contributed by atoms with Crippen molar-refractivity contribution in [1.82, 2.24) is 14.7 Å². The fourth-order valence-corrected chi connectivity index (χ4v) is 2.69. The molecule has 2 aromatic heterocycles. The van der Waals surface area contributed by atoms with Gasteiger partial charge in [0.15, 0.2) is 16.5 Å². The van der Waals surface area contributed by atoms with E-state index in [9.17, 15) is 4.39 Å². The highest BCUT2D eigenvalue weighted by Gasteiger charge is 2.07. The Hall–Kier alpha value is -1.92. The van der Waals surface area contributed by atoms with Gasteiger partial charge >= 0.3 is 0 Å². The highest BCUT2D eigenvalue weighted by molar-refractivity contribution is 7.15. The van der Waals surface area contributed by atoms with Crippen LogP contribution in [0.5, 0.6) is 5.75 Å². The Morgan fingerprint density at radius 1 is 1.45 bits per heavy atom. The zero-order valence-corrected chi connectivity index (χ0v) is 11.8. The number of hydrogen-bond acceptors (Lipinski definition) is 4. The van der Waals surface area contributed by atoms with Crippen LogP contribution in [0.15, 0.2) is 36.0 Å². The minimum Gasteiger partial charge on any atom is -0.484 e. The van der Waals surface area contributed by atoms with Crippen LogP contribution in [0.3, 0.4) is 0 Å². The lowest BCUT2D eigenvalue weighted by molar-refractivity contribution is 0.286. The van der Waals surface area contributed by atoms with Gasteiger partial charge in [0.05, 0.1) is 5.69 Å². The number of nitrogens with zero attached hydrogens (tertiary/aromatic N) is 2. The number of aromatic nitrogens is 2. The Labute approximate surface area is 119 Å². The SMILES string of the molecule is CNCc1ccc(OCc2cn3ccsc3n2)c(F)c1. The number of thiazole rings is 1. The summed E-state index contributed by atoms with van der Waals surface area (Å²) in [5.41, 5.74) is 1.68. The zero-order valence-electron chi connectivity index (χ0n) is 11.0. The summed E-state index contributed by atoms with van der Waals surface area (Å²) in [5.74, 6) is -0.0972. The summed E-state index contributed by atoms with van der Waals surface area (Å²) in [5, 5.41) is 4.95. The fourth-order valence-electron chi connectivity index (χ4n) is 1.97. The Bertz CT molecular complexity index is 694. The number of nitrogens with one attached hydrogen (secondary N) is 1. The number of halogens is 1. The van der Waals surface area contributed by atoms with Crippen molar-refractivity contribution in [3.63, 3.8) is 0 Å². The van der Waals surface area contributed by atoms with Crippen LogP contribution < -0.4 is 10.1 Å². The quantitative estimate of drug-likeness (QED) is 0.785. The van der Waals surface area contributed by atoms with E-state index in [0.717, 1.165) is 16.2 Å². The van der Waals surface area contributed by atoms with E-state index in [-0.39, 0.29) is 18.2 Å². The highest BCUT2D eigenvalue weighted by Crippen LogP contribution is 2.20. The fraction of sp³-hybridized carbons (Fsp3) is 0.214. The van der Waals surface area contributed by atoms with Crippen LogP contribution in [-0.2, 0) is 13.2 Å². The van der Waals surface area contributed by atoms with Crippen molar-refractivity contribution in [3.05, 3.63) is 53.0 Å². The number of ether oxygens (including phenoxy) is 1. The van der Waals surface area contributed by atoms with Crippen LogP contribution in [0.4, 0.5) is 4.39 Å². The van der Waals surface area contributed by atoms with Crippen LogP contribution in [0.25, 0.3) is 4.96 Å². The van der Waals surface area contributed by atoms with Crippen molar-refractivity contribution >= 4 is 16.3 Å². The molecule has 0 fully saturated rings. The maximum atomic E-state index is 13.8. The first-order chi connectivity index (χ1) is 9.76. The molecule has 6 heteroatoms. The maximum Gasteiger partial charge on any atom is 0.193 e. The highest BCUT2D eigenvalue weighted by atomic mass is 32.1. The number of hydrogen-bond donors (Lipinski definition) is 1. The van der Waals surface area contributed by atoms with Gasteiger partial charge in [-0.3, -0.25) is 4.40 Å². The van der Waals surface area contributed by atoms with Gasteiger partial charge in [0.2, 0.25) is 0 Å². The average molecular weight is 291 g/mol. The van der Waals surface area contributed by atoms with Crippen LogP contribution in [0.2, 0.25) is 0 Å². The van der Waals surface area contributed by atoms with E-state index in [1.165, 1.54) is 6.07 Å². The standard InChI is InChI=1S/C14H14FN3OS/c1-16-7-10-2-3-13(12(15)6-10)19-9-11-8-18-4-5-20-14(18)17-11/h2-6,8,16H,7,9H2,1H3. The third-order valence-corrected chi connectivity index (χ3v) is 3.67. The first kappa shape index (κ1) is 13.1. The molecular weight excluding hydrogens is 277 g/mol. The first-order valence-electron chi connectivity index (χ1n) is 6.23. The predicted molar refractivity (Wildman–Crippen MR) is 76.6 cm³/mol. The maximum absolute atomic E-state index is 13.8. The second-order valence-corrected chi connectivity index (χ2v) is 5.28. The Morgan fingerprint density at radius 3 is 3.10 bits per heavy atom. The molecule has 0 aliphatic heterocycles. The summed E-state index contributed by atoms with van der Waals surface area (Å²) in [6.45, 7) is 0.894. The molecule has 104 valence electrons. The lowest BCUT2D eigenvalue weighted by Crippen LogP contribution is -2.05. The van der Waals surface area contributed by atoms with Crippen LogP contribution >= 0.6 is 11.3 Å². The van der Waals surface area contributed by atoms with Gasteiger partial charge in [-0.1, -0.05) is 6.07 Å². The second-order valence-electron chi connectivity index (χ2n) is 4.41. The molecule has 20 heavy (non-hydrogen) atoms. The van der Waals surface area contributed by atoms with E-state index in [1.54, 1.807) is 17.4 Å². The van der Waals surface area contributed by atoms with Crippen molar-refractivity contribution in [2.24, 2.45) is 0 Å². The molecule has 2 heterocycles. The number of fused-ring (bicyclic) bond motifs is 1. The molecule has 0 spiro atoms. The molecule has 1 aromatic carbocycles.